The summed E-state index contributed by atoms with van der Waals surface area (Å²) < 4.78 is 22.9. The first-order chi connectivity index (χ1) is 20.3. The second-order valence-electron chi connectivity index (χ2n) is 10.3. The Hall–Kier alpha value is -3.83. The van der Waals surface area contributed by atoms with Gasteiger partial charge in [-0.2, -0.15) is 5.10 Å². The van der Waals surface area contributed by atoms with Gasteiger partial charge in [-0.3, -0.25) is 14.7 Å². The van der Waals surface area contributed by atoms with Gasteiger partial charge in [-0.05, 0) is 66.9 Å². The first-order valence-electron chi connectivity index (χ1n) is 13.6. The highest BCUT2D eigenvalue weighted by Gasteiger charge is 2.31. The lowest BCUT2D eigenvalue weighted by molar-refractivity contribution is 0.0703. The molecule has 0 spiro atoms. The Morgan fingerprint density at radius 1 is 1.17 bits per heavy atom. The quantitative estimate of drug-likeness (QED) is 0.193. The highest BCUT2D eigenvalue weighted by Crippen LogP contribution is 2.42. The highest BCUT2D eigenvalue weighted by molar-refractivity contribution is 9.10. The SMILES string of the molecule is CNC(=O)c1c(-c2ccc(F)cc2)oc2cc(N(C)SC)c(C3CCCN(C(=O)c4n[nH]c5cc(Br)ccc45)C3)cc12. The van der Waals surface area contributed by atoms with Gasteiger partial charge in [-0.1, -0.05) is 27.9 Å². The van der Waals surface area contributed by atoms with E-state index in [1.54, 1.807) is 31.1 Å². The fourth-order valence-electron chi connectivity index (χ4n) is 5.72. The Morgan fingerprint density at radius 3 is 2.69 bits per heavy atom. The lowest BCUT2D eigenvalue weighted by Crippen LogP contribution is -2.39. The summed E-state index contributed by atoms with van der Waals surface area (Å²) in [5.74, 6) is -0.353. The summed E-state index contributed by atoms with van der Waals surface area (Å²) in [5, 5.41) is 11.5. The number of aromatic amines is 1. The van der Waals surface area contributed by atoms with Crippen LogP contribution in [-0.4, -0.2) is 60.4 Å². The average Bonchev–Trinajstić information content (AvgIpc) is 3.60. The zero-order chi connectivity index (χ0) is 29.5. The van der Waals surface area contributed by atoms with Crippen molar-refractivity contribution in [2.75, 3.05) is 37.7 Å². The van der Waals surface area contributed by atoms with Gasteiger partial charge in [-0.15, -0.1) is 0 Å². The first kappa shape index (κ1) is 28.3. The number of fused-ring (bicyclic) bond motifs is 2. The molecule has 1 saturated heterocycles. The van der Waals surface area contributed by atoms with E-state index in [-0.39, 0.29) is 23.5 Å². The van der Waals surface area contributed by atoms with E-state index in [1.807, 2.05) is 48.5 Å². The highest BCUT2D eigenvalue weighted by atomic mass is 79.9. The number of anilines is 1. The van der Waals surface area contributed by atoms with Crippen LogP contribution < -0.4 is 9.62 Å². The van der Waals surface area contributed by atoms with Crippen molar-refractivity contribution in [1.82, 2.24) is 20.4 Å². The Morgan fingerprint density at radius 2 is 1.95 bits per heavy atom. The molecule has 0 bridgehead atoms. The van der Waals surface area contributed by atoms with Gasteiger partial charge in [-0.25, -0.2) is 4.39 Å². The summed E-state index contributed by atoms with van der Waals surface area (Å²) in [6.07, 6.45) is 3.71. The molecule has 1 aliphatic heterocycles. The standard InChI is InChI=1S/C31H29BrFN5O3S/c1-34-30(39)27-23-14-22(25(37(2)42-3)15-26(23)41-29(27)17-6-9-20(33)10-7-17)18-5-4-12-38(16-18)31(40)28-21-11-8-19(32)13-24(21)35-36-28/h6-11,13-15,18H,4-5,12,16H2,1-3H3,(H,34,39)(H,35,36). The number of nitrogens with zero attached hydrogens (tertiary/aromatic N) is 3. The number of piperidine rings is 1. The van der Waals surface area contributed by atoms with E-state index in [1.165, 1.54) is 12.1 Å². The largest absolute Gasteiger partial charge is 0.455 e. The van der Waals surface area contributed by atoms with E-state index in [9.17, 15) is 14.0 Å². The number of hydrogen-bond donors (Lipinski definition) is 2. The molecule has 1 atom stereocenters. The van der Waals surface area contributed by atoms with Gasteiger partial charge in [0.25, 0.3) is 11.8 Å². The fourth-order valence-corrected chi connectivity index (χ4v) is 6.44. The molecule has 2 N–H and O–H groups in total. The van der Waals surface area contributed by atoms with Crippen molar-refractivity contribution in [3.05, 3.63) is 81.7 Å². The number of amides is 2. The molecule has 8 nitrogen and oxygen atoms in total. The lowest BCUT2D eigenvalue weighted by atomic mass is 9.88. The number of furan rings is 1. The first-order valence-corrected chi connectivity index (χ1v) is 15.6. The van der Waals surface area contributed by atoms with Crippen molar-refractivity contribution >= 4 is 67.3 Å². The van der Waals surface area contributed by atoms with E-state index in [0.29, 0.717) is 46.6 Å². The third-order valence-electron chi connectivity index (χ3n) is 7.89. The number of carbonyl (C=O) groups is 2. The third kappa shape index (κ3) is 5.05. The number of H-pyrrole nitrogens is 1. The molecule has 2 aromatic heterocycles. The van der Waals surface area contributed by atoms with Crippen molar-refractivity contribution in [3.63, 3.8) is 0 Å². The summed E-state index contributed by atoms with van der Waals surface area (Å²) in [6.45, 7) is 1.16. The molecule has 1 unspecified atom stereocenters. The van der Waals surface area contributed by atoms with Crippen LogP contribution >= 0.6 is 27.9 Å². The van der Waals surface area contributed by atoms with Crippen LogP contribution in [0.2, 0.25) is 0 Å². The molecular formula is C31H29BrFN5O3S. The van der Waals surface area contributed by atoms with Gasteiger partial charge in [0.1, 0.15) is 17.2 Å². The number of carbonyl (C=O) groups excluding carboxylic acids is 2. The van der Waals surface area contributed by atoms with Crippen LogP contribution in [0.1, 0.15) is 45.2 Å². The van der Waals surface area contributed by atoms with Crippen molar-refractivity contribution in [2.45, 2.75) is 18.8 Å². The lowest BCUT2D eigenvalue weighted by Gasteiger charge is -2.34. The van der Waals surface area contributed by atoms with Crippen molar-refractivity contribution < 1.29 is 18.4 Å². The molecule has 0 aliphatic carbocycles. The van der Waals surface area contributed by atoms with Gasteiger partial charge >= 0.3 is 0 Å². The van der Waals surface area contributed by atoms with Crippen LogP contribution in [0.25, 0.3) is 33.2 Å². The molecule has 0 saturated carbocycles. The summed E-state index contributed by atoms with van der Waals surface area (Å²) in [4.78, 5) is 28.8. The van der Waals surface area contributed by atoms with E-state index in [4.69, 9.17) is 4.42 Å². The topological polar surface area (TPSA) is 94.5 Å². The maximum Gasteiger partial charge on any atom is 0.275 e. The van der Waals surface area contributed by atoms with Gasteiger partial charge in [0.05, 0.1) is 16.8 Å². The van der Waals surface area contributed by atoms with Gasteiger partial charge < -0.3 is 18.9 Å². The van der Waals surface area contributed by atoms with E-state index < -0.39 is 0 Å². The molecule has 216 valence electrons. The maximum absolute atomic E-state index is 13.7. The molecule has 1 fully saturated rings. The Labute approximate surface area is 254 Å². The zero-order valence-corrected chi connectivity index (χ0v) is 25.7. The minimum atomic E-state index is -0.366. The van der Waals surface area contributed by atoms with Crippen LogP contribution in [0, 0.1) is 5.82 Å². The number of benzene rings is 3. The molecule has 42 heavy (non-hydrogen) atoms. The summed E-state index contributed by atoms with van der Waals surface area (Å²) in [7, 11) is 3.56. The van der Waals surface area contributed by atoms with Crippen LogP contribution in [0.15, 0.2) is 63.5 Å². The van der Waals surface area contributed by atoms with Gasteiger partial charge in [0.2, 0.25) is 0 Å². The van der Waals surface area contributed by atoms with Crippen LogP contribution in [0.5, 0.6) is 0 Å². The smallest absolute Gasteiger partial charge is 0.275 e. The second-order valence-corrected chi connectivity index (χ2v) is 12.2. The van der Waals surface area contributed by atoms with Crippen LogP contribution in [0.3, 0.4) is 0 Å². The number of aromatic nitrogens is 2. The number of rotatable bonds is 6. The average molecular weight is 651 g/mol. The van der Waals surface area contributed by atoms with Crippen molar-refractivity contribution in [1.29, 1.82) is 0 Å². The summed E-state index contributed by atoms with van der Waals surface area (Å²) >= 11 is 5.04. The van der Waals surface area contributed by atoms with E-state index in [0.717, 1.165) is 39.5 Å². The Kier molecular flexibility index (Phi) is 7.71. The second kappa shape index (κ2) is 11.4. The summed E-state index contributed by atoms with van der Waals surface area (Å²) in [5.41, 5.74) is 4.77. The predicted octanol–water partition coefficient (Wildman–Crippen LogP) is 6.97. The Balaban J connectivity index is 1.42. The van der Waals surface area contributed by atoms with Gasteiger partial charge in [0, 0.05) is 66.2 Å². The molecule has 11 heteroatoms. The minimum absolute atomic E-state index is 0.0257. The predicted molar refractivity (Wildman–Crippen MR) is 169 cm³/mol. The molecule has 6 rings (SSSR count). The number of hydrogen-bond acceptors (Lipinski definition) is 6. The maximum atomic E-state index is 13.7. The molecule has 3 aromatic carbocycles. The van der Waals surface area contributed by atoms with Crippen molar-refractivity contribution in [2.24, 2.45) is 0 Å². The molecule has 0 radical (unpaired) electrons. The van der Waals surface area contributed by atoms with E-state index >= 15 is 0 Å². The normalized spacial score (nSPS) is 15.4. The molecule has 5 aromatic rings. The van der Waals surface area contributed by atoms with Crippen molar-refractivity contribution in [3.8, 4) is 11.3 Å². The van der Waals surface area contributed by atoms with Gasteiger partial charge in [0.15, 0.2) is 5.69 Å². The van der Waals surface area contributed by atoms with Crippen LogP contribution in [-0.2, 0) is 0 Å². The number of likely N-dealkylation sites (tertiary alicyclic amines) is 1. The molecule has 3 heterocycles. The monoisotopic (exact) mass is 649 g/mol. The molecular weight excluding hydrogens is 621 g/mol. The van der Waals surface area contributed by atoms with E-state index in [2.05, 4.69) is 35.7 Å². The Bertz CT molecular complexity index is 1820. The number of nitrogens with one attached hydrogen (secondary N) is 2. The summed E-state index contributed by atoms with van der Waals surface area (Å²) in [6, 6.07) is 15.6. The molecule has 2 amide bonds. The third-order valence-corrected chi connectivity index (χ3v) is 9.12. The molecule has 1 aliphatic rings. The number of halogens is 2. The zero-order valence-electron chi connectivity index (χ0n) is 23.3. The minimum Gasteiger partial charge on any atom is -0.455 e. The fraction of sp³-hybridized carbons (Fsp3) is 0.258. The van der Waals surface area contributed by atoms with Crippen LogP contribution in [0.4, 0.5) is 10.1 Å².